The van der Waals surface area contributed by atoms with Gasteiger partial charge < -0.3 is 29.4 Å². The molecule has 0 fully saturated rings. The minimum Gasteiger partial charge on any atom is -0.493 e. The normalized spacial score (nSPS) is 12.3. The Morgan fingerprint density at radius 2 is 1.59 bits per heavy atom. The van der Waals surface area contributed by atoms with Crippen molar-refractivity contribution in [1.82, 2.24) is 9.97 Å². The highest BCUT2D eigenvalue weighted by atomic mass is 16.7. The van der Waals surface area contributed by atoms with Crippen LogP contribution in [0.4, 0.5) is 5.95 Å². The van der Waals surface area contributed by atoms with Crippen molar-refractivity contribution in [2.24, 2.45) is 0 Å². The number of nitrogens with two attached hydrogens (primary N) is 1. The molecule has 0 atom stereocenters. The van der Waals surface area contributed by atoms with Crippen LogP contribution in [0.15, 0.2) is 24.3 Å². The fourth-order valence-corrected chi connectivity index (χ4v) is 3.17. The van der Waals surface area contributed by atoms with Gasteiger partial charge in [-0.15, -0.1) is 0 Å². The highest BCUT2D eigenvalue weighted by Gasteiger charge is 2.19. The van der Waals surface area contributed by atoms with Crippen LogP contribution >= 0.6 is 0 Å². The summed E-state index contributed by atoms with van der Waals surface area (Å²) in [5, 5.41) is 0.849. The van der Waals surface area contributed by atoms with E-state index < -0.39 is 0 Å². The van der Waals surface area contributed by atoms with Gasteiger partial charge in [0.2, 0.25) is 18.5 Å². The number of anilines is 1. The maximum absolute atomic E-state index is 5.92. The summed E-state index contributed by atoms with van der Waals surface area (Å²) < 4.78 is 27.1. The average molecular weight is 369 g/mol. The summed E-state index contributed by atoms with van der Waals surface area (Å²) in [5.41, 5.74) is 8.32. The van der Waals surface area contributed by atoms with Crippen molar-refractivity contribution in [3.63, 3.8) is 0 Å². The first-order valence-corrected chi connectivity index (χ1v) is 8.27. The molecule has 3 aromatic rings. The molecular formula is C19H19N3O5. The number of ether oxygens (including phenoxy) is 5. The predicted molar refractivity (Wildman–Crippen MR) is 99.0 cm³/mol. The molecule has 0 saturated carbocycles. The number of aromatic nitrogens is 2. The van der Waals surface area contributed by atoms with Gasteiger partial charge in [-0.2, -0.15) is 0 Å². The topological polar surface area (TPSA) is 98.0 Å². The first-order chi connectivity index (χ1) is 13.1. The third kappa shape index (κ3) is 2.99. The van der Waals surface area contributed by atoms with Gasteiger partial charge >= 0.3 is 0 Å². The molecule has 8 nitrogen and oxygen atoms in total. The molecule has 0 aliphatic carbocycles. The van der Waals surface area contributed by atoms with Gasteiger partial charge in [0, 0.05) is 17.9 Å². The Morgan fingerprint density at radius 1 is 0.926 bits per heavy atom. The summed E-state index contributed by atoms with van der Waals surface area (Å²) in [6.07, 6.45) is 0.500. The molecule has 0 amide bonds. The van der Waals surface area contributed by atoms with Crippen molar-refractivity contribution >= 4 is 16.9 Å². The molecule has 1 aliphatic heterocycles. The van der Waals surface area contributed by atoms with Gasteiger partial charge in [0.15, 0.2) is 23.0 Å². The van der Waals surface area contributed by atoms with Crippen LogP contribution < -0.4 is 29.4 Å². The first kappa shape index (κ1) is 17.0. The summed E-state index contributed by atoms with van der Waals surface area (Å²) in [6.45, 7) is 0.191. The Kier molecular flexibility index (Phi) is 4.23. The second-order valence-electron chi connectivity index (χ2n) is 5.96. The quantitative estimate of drug-likeness (QED) is 0.733. The van der Waals surface area contributed by atoms with Gasteiger partial charge in [-0.3, -0.25) is 0 Å². The minimum absolute atomic E-state index is 0.191. The minimum atomic E-state index is 0.191. The zero-order valence-corrected chi connectivity index (χ0v) is 15.2. The summed E-state index contributed by atoms with van der Waals surface area (Å²) >= 11 is 0. The molecule has 1 aliphatic rings. The Balaban J connectivity index is 1.82. The lowest BCUT2D eigenvalue weighted by Gasteiger charge is -2.14. The van der Waals surface area contributed by atoms with Crippen LogP contribution in [0.25, 0.3) is 10.9 Å². The van der Waals surface area contributed by atoms with Crippen molar-refractivity contribution < 1.29 is 23.7 Å². The Hall–Kier alpha value is -3.42. The standard InChI is InChI=1S/C19H19N3O5/c1-23-16-5-10(6-17(24-2)18(16)25-3)4-12-11-7-14-15(27-9-26-14)8-13(11)22-19(20)21-12/h5-8H,4,9H2,1-3H3,(H2,20,21,22). The highest BCUT2D eigenvalue weighted by molar-refractivity contribution is 5.86. The number of methoxy groups -OCH3 is 3. The molecule has 140 valence electrons. The molecule has 8 heteroatoms. The van der Waals surface area contributed by atoms with Crippen molar-refractivity contribution in [3.05, 3.63) is 35.5 Å². The predicted octanol–water partition coefficient (Wildman–Crippen LogP) is 2.56. The maximum atomic E-state index is 5.92. The molecule has 0 saturated heterocycles. The van der Waals surface area contributed by atoms with Crippen molar-refractivity contribution in [2.75, 3.05) is 33.9 Å². The van der Waals surface area contributed by atoms with Crippen molar-refractivity contribution in [3.8, 4) is 28.7 Å². The summed E-state index contributed by atoms with van der Waals surface area (Å²) in [4.78, 5) is 8.75. The number of nitrogen functional groups attached to an aromatic ring is 1. The van der Waals surface area contributed by atoms with E-state index in [-0.39, 0.29) is 12.7 Å². The van der Waals surface area contributed by atoms with E-state index in [0.29, 0.717) is 40.7 Å². The van der Waals surface area contributed by atoms with Crippen LogP contribution in [0.1, 0.15) is 11.3 Å². The molecule has 2 N–H and O–H groups in total. The lowest BCUT2D eigenvalue weighted by atomic mass is 10.0. The van der Waals surface area contributed by atoms with E-state index in [1.165, 1.54) is 0 Å². The lowest BCUT2D eigenvalue weighted by Crippen LogP contribution is -2.03. The number of rotatable bonds is 5. The zero-order chi connectivity index (χ0) is 19.0. The molecule has 0 spiro atoms. The van der Waals surface area contributed by atoms with Gasteiger partial charge in [-0.05, 0) is 23.8 Å². The van der Waals surface area contributed by atoms with E-state index in [1.54, 1.807) is 21.3 Å². The molecular weight excluding hydrogens is 350 g/mol. The van der Waals surface area contributed by atoms with E-state index in [4.69, 9.17) is 29.4 Å². The first-order valence-electron chi connectivity index (χ1n) is 8.27. The van der Waals surface area contributed by atoms with Crippen LogP contribution in [0.5, 0.6) is 28.7 Å². The zero-order valence-electron chi connectivity index (χ0n) is 15.2. The monoisotopic (exact) mass is 369 g/mol. The van der Waals surface area contributed by atoms with Gasteiger partial charge in [0.25, 0.3) is 0 Å². The van der Waals surface area contributed by atoms with E-state index in [9.17, 15) is 0 Å². The fourth-order valence-electron chi connectivity index (χ4n) is 3.17. The molecule has 0 radical (unpaired) electrons. The van der Waals surface area contributed by atoms with Crippen LogP contribution in [-0.4, -0.2) is 38.1 Å². The van der Waals surface area contributed by atoms with E-state index in [1.807, 2.05) is 24.3 Å². The highest BCUT2D eigenvalue weighted by Crippen LogP contribution is 2.40. The summed E-state index contributed by atoms with van der Waals surface area (Å²) in [7, 11) is 4.74. The molecule has 0 bridgehead atoms. The van der Waals surface area contributed by atoms with E-state index in [2.05, 4.69) is 9.97 Å². The Labute approximate surface area is 155 Å². The SMILES string of the molecule is COc1cc(Cc2nc(N)nc3cc4c(cc23)OCO4)cc(OC)c1OC. The second kappa shape index (κ2) is 6.71. The molecule has 4 rings (SSSR count). The average Bonchev–Trinajstić information content (AvgIpc) is 3.12. The van der Waals surface area contributed by atoms with Crippen molar-refractivity contribution in [1.29, 1.82) is 0 Å². The maximum Gasteiger partial charge on any atom is 0.231 e. The number of fused-ring (bicyclic) bond motifs is 2. The molecule has 27 heavy (non-hydrogen) atoms. The van der Waals surface area contributed by atoms with Crippen LogP contribution in [-0.2, 0) is 6.42 Å². The van der Waals surface area contributed by atoms with Crippen LogP contribution in [0.3, 0.4) is 0 Å². The molecule has 2 heterocycles. The largest absolute Gasteiger partial charge is 0.493 e. The summed E-state index contributed by atoms with van der Waals surface area (Å²) in [6, 6.07) is 7.47. The second-order valence-corrected chi connectivity index (χ2v) is 5.96. The third-order valence-electron chi connectivity index (χ3n) is 4.38. The van der Waals surface area contributed by atoms with Gasteiger partial charge in [0.1, 0.15) is 0 Å². The Bertz CT molecular complexity index is 997. The number of benzene rings is 2. The number of hydrogen-bond acceptors (Lipinski definition) is 8. The van der Waals surface area contributed by atoms with Gasteiger partial charge in [0.05, 0.1) is 32.5 Å². The number of nitrogens with zero attached hydrogens (tertiary/aromatic N) is 2. The summed E-state index contributed by atoms with van der Waals surface area (Å²) in [5.74, 6) is 3.22. The number of hydrogen-bond donors (Lipinski definition) is 1. The molecule has 2 aromatic carbocycles. The molecule has 0 unspecified atom stereocenters. The molecule has 1 aromatic heterocycles. The van der Waals surface area contributed by atoms with E-state index >= 15 is 0 Å². The van der Waals surface area contributed by atoms with E-state index in [0.717, 1.165) is 16.6 Å². The van der Waals surface area contributed by atoms with Gasteiger partial charge in [-0.25, -0.2) is 9.97 Å². The lowest BCUT2D eigenvalue weighted by molar-refractivity contribution is 0.174. The van der Waals surface area contributed by atoms with Crippen LogP contribution in [0.2, 0.25) is 0 Å². The van der Waals surface area contributed by atoms with Crippen LogP contribution in [0, 0.1) is 0 Å². The van der Waals surface area contributed by atoms with Crippen molar-refractivity contribution in [2.45, 2.75) is 6.42 Å². The third-order valence-corrected chi connectivity index (χ3v) is 4.38. The Morgan fingerprint density at radius 3 is 2.22 bits per heavy atom. The fraction of sp³-hybridized carbons (Fsp3) is 0.263. The smallest absolute Gasteiger partial charge is 0.231 e. The van der Waals surface area contributed by atoms with Gasteiger partial charge in [-0.1, -0.05) is 0 Å².